The number of carboxylic acids is 1. The average Bonchev–Trinajstić information content (AvgIpc) is 2.23. The molecule has 6 nitrogen and oxygen atoms in total. The minimum Gasteiger partial charge on any atom is -0.479 e. The summed E-state index contributed by atoms with van der Waals surface area (Å²) in [6.45, 7) is 3.39. The van der Waals surface area contributed by atoms with Crippen LogP contribution in [0.15, 0.2) is 0 Å². The van der Waals surface area contributed by atoms with Crippen molar-refractivity contribution in [2.45, 2.75) is 26.4 Å². The summed E-state index contributed by atoms with van der Waals surface area (Å²) in [5.74, 6) is -1.70. The molecule has 0 fully saturated rings. The molecule has 6 heteroatoms. The number of hydrogen-bond donors (Lipinski definition) is 4. The molecule has 0 radical (unpaired) electrons. The van der Waals surface area contributed by atoms with E-state index in [2.05, 4.69) is 5.32 Å². The van der Waals surface area contributed by atoms with Gasteiger partial charge in [-0.3, -0.25) is 4.79 Å². The normalized spacial score (nSPS) is 16.5. The average molecular weight is 218 g/mol. The van der Waals surface area contributed by atoms with Gasteiger partial charge in [-0.2, -0.15) is 0 Å². The van der Waals surface area contributed by atoms with Gasteiger partial charge in [0.25, 0.3) is 0 Å². The van der Waals surface area contributed by atoms with Crippen molar-refractivity contribution in [3.8, 4) is 0 Å². The first-order valence-corrected chi connectivity index (χ1v) is 4.76. The van der Waals surface area contributed by atoms with Crippen LogP contribution in [0.1, 0.15) is 20.3 Å². The van der Waals surface area contributed by atoms with Crippen molar-refractivity contribution in [3.63, 3.8) is 0 Å². The molecule has 15 heavy (non-hydrogen) atoms. The molecule has 0 aliphatic rings. The van der Waals surface area contributed by atoms with Gasteiger partial charge in [0.05, 0.1) is 12.0 Å². The Labute approximate surface area is 88.5 Å². The zero-order valence-corrected chi connectivity index (χ0v) is 8.99. The zero-order chi connectivity index (χ0) is 12.1. The summed E-state index contributed by atoms with van der Waals surface area (Å²) in [7, 11) is 0. The lowest BCUT2D eigenvalue weighted by Crippen LogP contribution is -2.46. The Balaban J connectivity index is 4.19. The van der Waals surface area contributed by atoms with Crippen LogP contribution in [0, 0.1) is 5.41 Å². The van der Waals surface area contributed by atoms with E-state index in [1.54, 1.807) is 6.92 Å². The molecule has 5 N–H and O–H groups in total. The first-order valence-electron chi connectivity index (χ1n) is 4.76. The van der Waals surface area contributed by atoms with E-state index in [-0.39, 0.29) is 19.0 Å². The molecule has 1 unspecified atom stereocenters. The fourth-order valence-corrected chi connectivity index (χ4v) is 0.888. The van der Waals surface area contributed by atoms with Crippen LogP contribution in [-0.4, -0.2) is 41.3 Å². The fourth-order valence-electron chi connectivity index (χ4n) is 0.888. The summed E-state index contributed by atoms with van der Waals surface area (Å²) >= 11 is 0. The van der Waals surface area contributed by atoms with E-state index in [1.165, 1.54) is 0 Å². The number of carboxylic acid groups (broad SMARTS) is 1. The van der Waals surface area contributed by atoms with Gasteiger partial charge >= 0.3 is 5.97 Å². The van der Waals surface area contributed by atoms with E-state index in [0.717, 1.165) is 0 Å². The zero-order valence-electron chi connectivity index (χ0n) is 8.99. The molecule has 0 aliphatic heterocycles. The number of carbonyl (C=O) groups excluding carboxylic acids is 1. The predicted molar refractivity (Wildman–Crippen MR) is 54.1 cm³/mol. The van der Waals surface area contributed by atoms with Crippen LogP contribution in [0.3, 0.4) is 0 Å². The molecule has 0 bridgehead atoms. The Morgan fingerprint density at radius 3 is 2.40 bits per heavy atom. The van der Waals surface area contributed by atoms with Crippen molar-refractivity contribution in [1.29, 1.82) is 0 Å². The van der Waals surface area contributed by atoms with Gasteiger partial charge in [-0.15, -0.1) is 0 Å². The fraction of sp³-hybridized carbons (Fsp3) is 0.778. The highest BCUT2D eigenvalue weighted by molar-refractivity contribution is 5.83. The molecular formula is C9H18N2O4. The van der Waals surface area contributed by atoms with E-state index in [0.29, 0.717) is 6.42 Å². The molecule has 0 aromatic rings. The summed E-state index contributed by atoms with van der Waals surface area (Å²) in [6.07, 6.45) is -1.02. The van der Waals surface area contributed by atoms with Crippen molar-refractivity contribution in [1.82, 2.24) is 5.32 Å². The topological polar surface area (TPSA) is 113 Å². The number of hydrogen-bond acceptors (Lipinski definition) is 4. The van der Waals surface area contributed by atoms with Crippen LogP contribution in [0.25, 0.3) is 0 Å². The largest absolute Gasteiger partial charge is 0.479 e. The monoisotopic (exact) mass is 218 g/mol. The highest BCUT2D eigenvalue weighted by Gasteiger charge is 2.30. The maximum atomic E-state index is 11.6. The minimum absolute atomic E-state index is 0.179. The van der Waals surface area contributed by atoms with Crippen LogP contribution < -0.4 is 11.1 Å². The molecule has 0 heterocycles. The third kappa shape index (κ3) is 3.85. The molecule has 0 aliphatic carbocycles. The smallest absolute Gasteiger partial charge is 0.334 e. The van der Waals surface area contributed by atoms with Crippen molar-refractivity contribution >= 4 is 11.9 Å². The van der Waals surface area contributed by atoms with Gasteiger partial charge in [0.1, 0.15) is 0 Å². The van der Waals surface area contributed by atoms with Gasteiger partial charge in [0.2, 0.25) is 5.91 Å². The quantitative estimate of drug-likeness (QED) is 0.453. The van der Waals surface area contributed by atoms with E-state index >= 15 is 0 Å². The molecule has 0 spiro atoms. The lowest BCUT2D eigenvalue weighted by Gasteiger charge is -2.25. The first-order chi connectivity index (χ1) is 6.87. The second-order valence-corrected chi connectivity index (χ2v) is 3.68. The highest BCUT2D eigenvalue weighted by atomic mass is 16.4. The number of nitrogens with one attached hydrogen (secondary N) is 1. The third-order valence-corrected chi connectivity index (χ3v) is 2.52. The number of aliphatic carboxylic acids is 1. The molecule has 1 amide bonds. The Kier molecular flexibility index (Phi) is 5.24. The van der Waals surface area contributed by atoms with Gasteiger partial charge in [0.15, 0.2) is 6.10 Å². The van der Waals surface area contributed by atoms with Gasteiger partial charge in [-0.05, 0) is 13.3 Å². The highest BCUT2D eigenvalue weighted by Crippen LogP contribution is 2.18. The first kappa shape index (κ1) is 13.9. The van der Waals surface area contributed by atoms with Crippen LogP contribution in [0.4, 0.5) is 0 Å². The molecule has 2 atom stereocenters. The van der Waals surface area contributed by atoms with Crippen molar-refractivity contribution in [2.75, 3.05) is 13.1 Å². The minimum atomic E-state index is -1.58. The van der Waals surface area contributed by atoms with Gasteiger partial charge in [-0.25, -0.2) is 4.79 Å². The van der Waals surface area contributed by atoms with Crippen molar-refractivity contribution in [3.05, 3.63) is 0 Å². The van der Waals surface area contributed by atoms with E-state index < -0.39 is 17.5 Å². The number of nitrogens with two attached hydrogens (primary N) is 1. The number of amides is 1. The van der Waals surface area contributed by atoms with Gasteiger partial charge in [0, 0.05) is 6.54 Å². The van der Waals surface area contributed by atoms with E-state index in [9.17, 15) is 9.59 Å². The van der Waals surface area contributed by atoms with Gasteiger partial charge < -0.3 is 21.3 Å². The van der Waals surface area contributed by atoms with Crippen molar-refractivity contribution < 1.29 is 19.8 Å². The second-order valence-electron chi connectivity index (χ2n) is 3.68. The number of rotatable bonds is 6. The summed E-state index contributed by atoms with van der Waals surface area (Å²) in [4.78, 5) is 21.8. The molecule has 0 aromatic carbocycles. The molecular weight excluding hydrogens is 200 g/mol. The lowest BCUT2D eigenvalue weighted by atomic mass is 9.86. The number of aliphatic hydroxyl groups is 1. The molecule has 0 saturated heterocycles. The molecule has 0 rings (SSSR count). The van der Waals surface area contributed by atoms with Crippen LogP contribution in [0.5, 0.6) is 0 Å². The Bertz CT molecular complexity index is 238. The predicted octanol–water partition coefficient (Wildman–Crippen LogP) is -1.08. The third-order valence-electron chi connectivity index (χ3n) is 2.52. The maximum absolute atomic E-state index is 11.6. The number of aliphatic hydroxyl groups excluding tert-OH is 1. The second kappa shape index (κ2) is 5.67. The van der Waals surface area contributed by atoms with Crippen LogP contribution >= 0.6 is 0 Å². The molecule has 0 saturated carbocycles. The summed E-state index contributed by atoms with van der Waals surface area (Å²) in [5.41, 5.74) is 4.73. The standard InChI is InChI=1S/C9H18N2O4/c1-3-9(2,5-10)8(15)11-4-6(12)7(13)14/h6,12H,3-5,10H2,1-2H3,(H,11,15)(H,13,14)/t6-,9?/m0/s1. The Morgan fingerprint density at radius 2 is 2.07 bits per heavy atom. The lowest BCUT2D eigenvalue weighted by molar-refractivity contribution is -0.146. The molecule has 0 aromatic heterocycles. The van der Waals surface area contributed by atoms with Crippen LogP contribution in [0.2, 0.25) is 0 Å². The SMILES string of the molecule is CCC(C)(CN)C(=O)NC[C@H](O)C(=O)O. The van der Waals surface area contributed by atoms with Crippen LogP contribution in [-0.2, 0) is 9.59 Å². The Hall–Kier alpha value is -1.14. The summed E-state index contributed by atoms with van der Waals surface area (Å²) in [5, 5.41) is 19.7. The number of carbonyl (C=O) groups is 2. The Morgan fingerprint density at radius 1 is 1.53 bits per heavy atom. The summed E-state index contributed by atoms with van der Waals surface area (Å²) < 4.78 is 0. The summed E-state index contributed by atoms with van der Waals surface area (Å²) in [6, 6.07) is 0. The van der Waals surface area contributed by atoms with E-state index in [1.807, 2.05) is 6.92 Å². The van der Waals surface area contributed by atoms with Gasteiger partial charge in [-0.1, -0.05) is 6.92 Å². The van der Waals surface area contributed by atoms with Crippen molar-refractivity contribution in [2.24, 2.45) is 11.1 Å². The molecule has 88 valence electrons. The maximum Gasteiger partial charge on any atom is 0.334 e. The van der Waals surface area contributed by atoms with E-state index in [4.69, 9.17) is 15.9 Å².